The standard InChI is InChI=1S/C15H17F2N3O2/c1-19-7-4-14(13(19)22)8-15(16,17)10-20(9-14)12(21)11-2-5-18-6-3-11/h2-3,5-6H,4,7-10H2,1H3/t14-/m0/s1. The largest absolute Gasteiger partial charge is 0.345 e. The Morgan fingerprint density at radius 3 is 2.55 bits per heavy atom. The van der Waals surface area contributed by atoms with Crippen molar-refractivity contribution in [2.45, 2.75) is 18.8 Å². The monoisotopic (exact) mass is 309 g/mol. The van der Waals surface area contributed by atoms with Crippen molar-refractivity contribution in [1.29, 1.82) is 0 Å². The number of aromatic nitrogens is 1. The summed E-state index contributed by atoms with van der Waals surface area (Å²) in [7, 11) is 1.61. The Bertz CT molecular complexity index is 608. The molecule has 3 heterocycles. The first-order valence-electron chi connectivity index (χ1n) is 7.16. The molecule has 5 nitrogen and oxygen atoms in total. The van der Waals surface area contributed by atoms with Crippen molar-refractivity contribution in [1.82, 2.24) is 14.8 Å². The third-order valence-electron chi connectivity index (χ3n) is 4.45. The number of carbonyl (C=O) groups is 2. The Labute approximate surface area is 126 Å². The third-order valence-corrected chi connectivity index (χ3v) is 4.45. The number of amides is 2. The van der Waals surface area contributed by atoms with E-state index in [1.54, 1.807) is 7.05 Å². The summed E-state index contributed by atoms with van der Waals surface area (Å²) in [6.45, 7) is -0.147. The second-order valence-corrected chi connectivity index (χ2v) is 6.19. The van der Waals surface area contributed by atoms with Crippen LogP contribution in [0.2, 0.25) is 0 Å². The van der Waals surface area contributed by atoms with Gasteiger partial charge in [0.05, 0.1) is 12.0 Å². The highest BCUT2D eigenvalue weighted by Gasteiger charge is 2.57. The van der Waals surface area contributed by atoms with Crippen LogP contribution in [-0.2, 0) is 4.79 Å². The zero-order chi connectivity index (χ0) is 16.0. The molecular weight excluding hydrogens is 292 g/mol. The molecule has 1 spiro atoms. The Balaban J connectivity index is 1.90. The Hall–Kier alpha value is -2.05. The maximum absolute atomic E-state index is 14.2. The first kappa shape index (κ1) is 14.9. The number of pyridine rings is 1. The van der Waals surface area contributed by atoms with Crippen LogP contribution < -0.4 is 0 Å². The minimum Gasteiger partial charge on any atom is -0.345 e. The Morgan fingerprint density at radius 2 is 1.95 bits per heavy atom. The molecule has 0 aliphatic carbocycles. The fraction of sp³-hybridized carbons (Fsp3) is 0.533. The van der Waals surface area contributed by atoms with Gasteiger partial charge in [0.2, 0.25) is 5.91 Å². The van der Waals surface area contributed by atoms with Gasteiger partial charge >= 0.3 is 0 Å². The van der Waals surface area contributed by atoms with Gasteiger partial charge in [0.25, 0.3) is 11.8 Å². The number of piperidine rings is 1. The van der Waals surface area contributed by atoms with Gasteiger partial charge in [-0.05, 0) is 18.6 Å². The molecule has 0 radical (unpaired) electrons. The zero-order valence-electron chi connectivity index (χ0n) is 12.3. The highest BCUT2D eigenvalue weighted by molar-refractivity contribution is 5.95. The van der Waals surface area contributed by atoms with Crippen LogP contribution in [0.4, 0.5) is 8.78 Å². The van der Waals surface area contributed by atoms with Crippen LogP contribution in [0.25, 0.3) is 0 Å². The van der Waals surface area contributed by atoms with E-state index < -0.39 is 30.2 Å². The summed E-state index contributed by atoms with van der Waals surface area (Å²) in [5.41, 5.74) is -0.846. The molecule has 2 fully saturated rings. The lowest BCUT2D eigenvalue weighted by Crippen LogP contribution is -2.56. The number of carbonyl (C=O) groups excluding carboxylic acids is 2. The van der Waals surface area contributed by atoms with E-state index in [4.69, 9.17) is 0 Å². The molecule has 1 aromatic heterocycles. The second-order valence-electron chi connectivity index (χ2n) is 6.19. The third kappa shape index (κ3) is 2.44. The van der Waals surface area contributed by atoms with Gasteiger partial charge in [-0.1, -0.05) is 0 Å². The minimum absolute atomic E-state index is 0.0485. The van der Waals surface area contributed by atoms with E-state index in [-0.39, 0.29) is 12.5 Å². The number of rotatable bonds is 1. The van der Waals surface area contributed by atoms with Gasteiger partial charge in [-0.3, -0.25) is 14.6 Å². The average molecular weight is 309 g/mol. The molecule has 0 aromatic carbocycles. The molecule has 118 valence electrons. The SMILES string of the molecule is CN1CC[C@]2(CN(C(=O)c3ccncc3)CC(F)(F)C2)C1=O. The van der Waals surface area contributed by atoms with Crippen LogP contribution >= 0.6 is 0 Å². The molecule has 1 atom stereocenters. The molecule has 1 aromatic rings. The molecule has 2 saturated heterocycles. The van der Waals surface area contributed by atoms with Crippen molar-refractivity contribution in [3.05, 3.63) is 30.1 Å². The van der Waals surface area contributed by atoms with Crippen LogP contribution in [0.3, 0.4) is 0 Å². The molecule has 0 bridgehead atoms. The number of alkyl halides is 2. The summed E-state index contributed by atoms with van der Waals surface area (Å²) in [5.74, 6) is -3.83. The van der Waals surface area contributed by atoms with Gasteiger partial charge < -0.3 is 9.80 Å². The van der Waals surface area contributed by atoms with E-state index >= 15 is 0 Å². The van der Waals surface area contributed by atoms with Crippen LogP contribution in [0.5, 0.6) is 0 Å². The molecule has 0 saturated carbocycles. The fourth-order valence-electron chi connectivity index (χ4n) is 3.43. The van der Waals surface area contributed by atoms with Crippen molar-refractivity contribution in [3.63, 3.8) is 0 Å². The van der Waals surface area contributed by atoms with Crippen molar-refractivity contribution in [2.24, 2.45) is 5.41 Å². The molecule has 3 rings (SSSR count). The smallest absolute Gasteiger partial charge is 0.266 e. The molecule has 0 unspecified atom stereocenters. The van der Waals surface area contributed by atoms with Crippen LogP contribution in [0.1, 0.15) is 23.2 Å². The lowest BCUT2D eigenvalue weighted by Gasteiger charge is -2.42. The van der Waals surface area contributed by atoms with Gasteiger partial charge in [0.15, 0.2) is 0 Å². The Kier molecular flexibility index (Phi) is 3.38. The summed E-state index contributed by atoms with van der Waals surface area (Å²) in [4.78, 5) is 31.2. The summed E-state index contributed by atoms with van der Waals surface area (Å²) < 4.78 is 28.3. The maximum atomic E-state index is 14.2. The van der Waals surface area contributed by atoms with E-state index in [2.05, 4.69) is 4.98 Å². The first-order chi connectivity index (χ1) is 10.3. The predicted octanol–water partition coefficient (Wildman–Crippen LogP) is 1.41. The molecule has 2 amide bonds. The van der Waals surface area contributed by atoms with Gasteiger partial charge in [0.1, 0.15) is 0 Å². The highest BCUT2D eigenvalue weighted by Crippen LogP contribution is 2.45. The van der Waals surface area contributed by atoms with Crippen LogP contribution in [0, 0.1) is 5.41 Å². The van der Waals surface area contributed by atoms with Crippen molar-refractivity contribution >= 4 is 11.8 Å². The lowest BCUT2D eigenvalue weighted by atomic mass is 9.76. The molecule has 22 heavy (non-hydrogen) atoms. The number of likely N-dealkylation sites (tertiary alicyclic amines) is 2. The number of halogens is 2. The van der Waals surface area contributed by atoms with Gasteiger partial charge in [-0.2, -0.15) is 0 Å². The van der Waals surface area contributed by atoms with E-state index in [1.807, 2.05) is 0 Å². The zero-order valence-corrected chi connectivity index (χ0v) is 12.3. The highest BCUT2D eigenvalue weighted by atomic mass is 19.3. The van der Waals surface area contributed by atoms with Crippen molar-refractivity contribution in [2.75, 3.05) is 26.7 Å². The predicted molar refractivity (Wildman–Crippen MR) is 74.4 cm³/mol. The number of hydrogen-bond acceptors (Lipinski definition) is 3. The minimum atomic E-state index is -3.05. The van der Waals surface area contributed by atoms with Crippen LogP contribution in [0.15, 0.2) is 24.5 Å². The summed E-state index contributed by atoms with van der Waals surface area (Å²) in [6.07, 6.45) is 2.76. The lowest BCUT2D eigenvalue weighted by molar-refractivity contribution is -0.150. The second kappa shape index (κ2) is 5.00. The fourth-order valence-corrected chi connectivity index (χ4v) is 3.43. The molecule has 2 aliphatic heterocycles. The normalized spacial score (nSPS) is 27.5. The quantitative estimate of drug-likeness (QED) is 0.788. The number of hydrogen-bond donors (Lipinski definition) is 0. The van der Waals surface area contributed by atoms with E-state index in [0.717, 1.165) is 4.90 Å². The van der Waals surface area contributed by atoms with E-state index in [9.17, 15) is 18.4 Å². The molecule has 7 heteroatoms. The van der Waals surface area contributed by atoms with Gasteiger partial charge in [0, 0.05) is 44.5 Å². The first-order valence-corrected chi connectivity index (χ1v) is 7.16. The maximum Gasteiger partial charge on any atom is 0.266 e. The Morgan fingerprint density at radius 1 is 1.27 bits per heavy atom. The van der Waals surface area contributed by atoms with Gasteiger partial charge in [-0.15, -0.1) is 0 Å². The number of nitrogens with zero attached hydrogens (tertiary/aromatic N) is 3. The average Bonchev–Trinajstić information content (AvgIpc) is 2.74. The van der Waals surface area contributed by atoms with Crippen molar-refractivity contribution in [3.8, 4) is 0 Å². The van der Waals surface area contributed by atoms with Crippen molar-refractivity contribution < 1.29 is 18.4 Å². The summed E-state index contributed by atoms with van der Waals surface area (Å²) >= 11 is 0. The van der Waals surface area contributed by atoms with Gasteiger partial charge in [-0.25, -0.2) is 8.78 Å². The van der Waals surface area contributed by atoms with Crippen LogP contribution in [-0.4, -0.2) is 59.2 Å². The summed E-state index contributed by atoms with van der Waals surface area (Å²) in [6, 6.07) is 2.98. The van der Waals surface area contributed by atoms with E-state index in [0.29, 0.717) is 18.5 Å². The molecular formula is C15H17F2N3O2. The topological polar surface area (TPSA) is 53.5 Å². The van der Waals surface area contributed by atoms with E-state index in [1.165, 1.54) is 29.4 Å². The molecule has 0 N–H and O–H groups in total. The molecule has 2 aliphatic rings. The summed E-state index contributed by atoms with van der Waals surface area (Å²) in [5, 5.41) is 0.